The number of ketones is 1. The van der Waals surface area contributed by atoms with Crippen LogP contribution in [0.1, 0.15) is 41.6 Å². The van der Waals surface area contributed by atoms with Gasteiger partial charge in [-0.25, -0.2) is 0 Å². The number of Topliss-reactive ketones (excluding diaryl/α,β-unsaturated/α-hetero) is 1. The molecule has 0 aromatic heterocycles. The Labute approximate surface area is 179 Å². The lowest BCUT2D eigenvalue weighted by atomic mass is 10.1. The van der Waals surface area contributed by atoms with Gasteiger partial charge >= 0.3 is 0 Å². The van der Waals surface area contributed by atoms with Crippen molar-refractivity contribution in [3.8, 4) is 0 Å². The summed E-state index contributed by atoms with van der Waals surface area (Å²) in [5.41, 5.74) is 2.87. The first-order valence-electron chi connectivity index (χ1n) is 11.1. The van der Waals surface area contributed by atoms with Crippen molar-refractivity contribution < 1.29 is 9.59 Å². The van der Waals surface area contributed by atoms with Gasteiger partial charge in [-0.3, -0.25) is 14.5 Å². The van der Waals surface area contributed by atoms with E-state index in [2.05, 4.69) is 40.1 Å². The Hall–Kier alpha value is -2.50. The number of carbonyl (C=O) groups excluding carboxylic acids is 2. The monoisotopic (exact) mass is 405 g/mol. The van der Waals surface area contributed by atoms with Gasteiger partial charge in [0.2, 0.25) is 5.91 Å². The molecule has 2 aliphatic rings. The molecule has 30 heavy (non-hydrogen) atoms. The van der Waals surface area contributed by atoms with E-state index in [1.165, 1.54) is 5.56 Å². The van der Waals surface area contributed by atoms with Crippen molar-refractivity contribution in [3.63, 3.8) is 0 Å². The highest BCUT2D eigenvalue weighted by atomic mass is 16.2. The molecule has 1 saturated heterocycles. The van der Waals surface area contributed by atoms with Crippen LogP contribution >= 0.6 is 0 Å². The van der Waals surface area contributed by atoms with Gasteiger partial charge in [0.05, 0.1) is 5.69 Å². The van der Waals surface area contributed by atoms with E-state index in [9.17, 15) is 9.59 Å². The summed E-state index contributed by atoms with van der Waals surface area (Å²) in [7, 11) is 0. The lowest BCUT2D eigenvalue weighted by molar-refractivity contribution is -0.118. The maximum absolute atomic E-state index is 12.6. The Balaban J connectivity index is 1.21. The Morgan fingerprint density at radius 1 is 0.700 bits per heavy atom. The zero-order valence-electron chi connectivity index (χ0n) is 17.6. The first-order chi connectivity index (χ1) is 14.7. The zero-order valence-corrected chi connectivity index (χ0v) is 17.6. The normalized spacial score (nSPS) is 18.3. The van der Waals surface area contributed by atoms with Gasteiger partial charge in [-0.1, -0.05) is 42.5 Å². The SMILES string of the molecule is O=C1CCC(=O)N(CCCCN2CCN(Cc3ccccc3)CC2)c2ccccc21. The molecule has 0 radical (unpaired) electrons. The molecule has 0 aliphatic carbocycles. The number of rotatable bonds is 7. The van der Waals surface area contributed by atoms with Crippen molar-refractivity contribution in [1.29, 1.82) is 0 Å². The van der Waals surface area contributed by atoms with E-state index in [0.29, 0.717) is 24.9 Å². The molecular formula is C25H31N3O2. The van der Waals surface area contributed by atoms with E-state index in [1.807, 2.05) is 29.2 Å². The van der Waals surface area contributed by atoms with Crippen molar-refractivity contribution in [2.24, 2.45) is 0 Å². The van der Waals surface area contributed by atoms with Crippen molar-refractivity contribution >= 4 is 17.4 Å². The molecule has 0 unspecified atom stereocenters. The number of amides is 1. The van der Waals surface area contributed by atoms with Crippen LogP contribution in [0.3, 0.4) is 0 Å². The highest BCUT2D eigenvalue weighted by Crippen LogP contribution is 2.27. The molecule has 2 heterocycles. The van der Waals surface area contributed by atoms with Gasteiger partial charge in [0, 0.05) is 57.7 Å². The van der Waals surface area contributed by atoms with Crippen LogP contribution in [0.15, 0.2) is 54.6 Å². The lowest BCUT2D eigenvalue weighted by Crippen LogP contribution is -2.46. The van der Waals surface area contributed by atoms with Crippen LogP contribution in [0.5, 0.6) is 0 Å². The molecule has 0 atom stereocenters. The summed E-state index contributed by atoms with van der Waals surface area (Å²) in [6, 6.07) is 18.2. The van der Waals surface area contributed by atoms with Gasteiger partial charge in [-0.2, -0.15) is 0 Å². The Morgan fingerprint density at radius 3 is 2.17 bits per heavy atom. The molecule has 2 aliphatic heterocycles. The van der Waals surface area contributed by atoms with Gasteiger partial charge in [0.1, 0.15) is 0 Å². The molecule has 5 heteroatoms. The van der Waals surface area contributed by atoms with Gasteiger partial charge in [0.25, 0.3) is 0 Å². The molecule has 4 rings (SSSR count). The minimum Gasteiger partial charge on any atom is -0.312 e. The lowest BCUT2D eigenvalue weighted by Gasteiger charge is -2.34. The number of anilines is 1. The molecule has 158 valence electrons. The molecule has 1 fully saturated rings. The standard InChI is InChI=1S/C25H31N3O2/c29-24-12-13-25(30)28(23-11-5-4-10-22(23)24)15-7-6-14-26-16-18-27(19-17-26)20-21-8-2-1-3-9-21/h1-5,8-11H,6-7,12-20H2. The van der Waals surface area contributed by atoms with Crippen LogP contribution in [0.2, 0.25) is 0 Å². The summed E-state index contributed by atoms with van der Waals surface area (Å²) in [5.74, 6) is 0.151. The first kappa shape index (κ1) is 20.8. The van der Waals surface area contributed by atoms with Crippen LogP contribution in [-0.2, 0) is 11.3 Å². The summed E-state index contributed by atoms with van der Waals surface area (Å²) in [6.07, 6.45) is 2.66. The summed E-state index contributed by atoms with van der Waals surface area (Å²) in [4.78, 5) is 31.7. The number of carbonyl (C=O) groups is 2. The molecule has 0 saturated carbocycles. The van der Waals surface area contributed by atoms with E-state index in [4.69, 9.17) is 0 Å². The Bertz CT molecular complexity index is 860. The third-order valence-corrected chi connectivity index (χ3v) is 6.18. The summed E-state index contributed by atoms with van der Waals surface area (Å²) in [6.45, 7) is 7.21. The van der Waals surface area contributed by atoms with E-state index in [1.54, 1.807) is 0 Å². The minimum absolute atomic E-state index is 0.0721. The average Bonchev–Trinajstić information content (AvgIpc) is 2.90. The van der Waals surface area contributed by atoms with Crippen molar-refractivity contribution in [2.45, 2.75) is 32.2 Å². The van der Waals surface area contributed by atoms with E-state index in [0.717, 1.165) is 57.8 Å². The minimum atomic E-state index is 0.0721. The molecular weight excluding hydrogens is 374 g/mol. The molecule has 0 N–H and O–H groups in total. The van der Waals surface area contributed by atoms with Crippen molar-refractivity contribution in [1.82, 2.24) is 9.80 Å². The van der Waals surface area contributed by atoms with E-state index in [-0.39, 0.29) is 11.7 Å². The predicted molar refractivity (Wildman–Crippen MR) is 120 cm³/mol. The number of piperazine rings is 1. The van der Waals surface area contributed by atoms with Crippen molar-refractivity contribution in [3.05, 3.63) is 65.7 Å². The summed E-state index contributed by atoms with van der Waals surface area (Å²) < 4.78 is 0. The maximum Gasteiger partial charge on any atom is 0.227 e. The third-order valence-electron chi connectivity index (χ3n) is 6.18. The molecule has 5 nitrogen and oxygen atoms in total. The molecule has 0 bridgehead atoms. The van der Waals surface area contributed by atoms with Crippen LogP contribution in [0.4, 0.5) is 5.69 Å². The summed E-state index contributed by atoms with van der Waals surface area (Å²) in [5, 5.41) is 0. The average molecular weight is 406 g/mol. The fraction of sp³-hybridized carbons (Fsp3) is 0.440. The first-order valence-corrected chi connectivity index (χ1v) is 11.1. The molecule has 2 aromatic carbocycles. The highest BCUT2D eigenvalue weighted by Gasteiger charge is 2.26. The van der Waals surface area contributed by atoms with Crippen LogP contribution in [0.25, 0.3) is 0 Å². The zero-order chi connectivity index (χ0) is 20.8. The van der Waals surface area contributed by atoms with Gasteiger partial charge < -0.3 is 9.80 Å². The largest absolute Gasteiger partial charge is 0.312 e. The smallest absolute Gasteiger partial charge is 0.227 e. The quantitative estimate of drug-likeness (QED) is 0.661. The number of nitrogens with zero attached hydrogens (tertiary/aromatic N) is 3. The number of unbranched alkanes of at least 4 members (excludes halogenated alkanes) is 1. The second-order valence-corrected chi connectivity index (χ2v) is 8.30. The van der Waals surface area contributed by atoms with E-state index >= 15 is 0 Å². The van der Waals surface area contributed by atoms with E-state index < -0.39 is 0 Å². The number of para-hydroxylation sites is 1. The topological polar surface area (TPSA) is 43.9 Å². The van der Waals surface area contributed by atoms with Crippen LogP contribution < -0.4 is 4.90 Å². The number of benzene rings is 2. The molecule has 2 aromatic rings. The predicted octanol–water partition coefficient (Wildman–Crippen LogP) is 3.59. The van der Waals surface area contributed by atoms with Crippen LogP contribution in [-0.4, -0.2) is 60.8 Å². The van der Waals surface area contributed by atoms with Crippen LogP contribution in [0, 0.1) is 0 Å². The Kier molecular flexibility index (Phi) is 6.92. The Morgan fingerprint density at radius 2 is 1.37 bits per heavy atom. The van der Waals surface area contributed by atoms with Gasteiger partial charge in [-0.05, 0) is 37.1 Å². The third kappa shape index (κ3) is 5.15. The number of hydrogen-bond donors (Lipinski definition) is 0. The molecule has 1 amide bonds. The highest BCUT2D eigenvalue weighted by molar-refractivity contribution is 6.10. The summed E-state index contributed by atoms with van der Waals surface area (Å²) >= 11 is 0. The fourth-order valence-corrected chi connectivity index (χ4v) is 4.43. The maximum atomic E-state index is 12.6. The van der Waals surface area contributed by atoms with Gasteiger partial charge in [0.15, 0.2) is 5.78 Å². The second kappa shape index (κ2) is 10.0. The van der Waals surface area contributed by atoms with Gasteiger partial charge in [-0.15, -0.1) is 0 Å². The number of fused-ring (bicyclic) bond motifs is 1. The van der Waals surface area contributed by atoms with Crippen molar-refractivity contribution in [2.75, 3.05) is 44.2 Å². The second-order valence-electron chi connectivity index (χ2n) is 8.30. The molecule has 0 spiro atoms. The fourth-order valence-electron chi connectivity index (χ4n) is 4.43. The number of hydrogen-bond acceptors (Lipinski definition) is 4.